The Bertz CT molecular complexity index is 1330. The van der Waals surface area contributed by atoms with Crippen LogP contribution in [0.3, 0.4) is 0 Å². The van der Waals surface area contributed by atoms with E-state index in [0.717, 1.165) is 37.4 Å². The number of hydrogen-bond acceptors (Lipinski definition) is 5. The molecule has 38 heavy (non-hydrogen) atoms. The van der Waals surface area contributed by atoms with Crippen molar-refractivity contribution < 1.29 is 22.3 Å². The quantitative estimate of drug-likeness (QED) is 0.525. The van der Waals surface area contributed by atoms with Crippen LogP contribution in [0.15, 0.2) is 41.3 Å². The molecular formula is C28H33ClFN3O4S. The molecule has 2 unspecified atom stereocenters. The van der Waals surface area contributed by atoms with E-state index in [1.807, 2.05) is 0 Å². The summed E-state index contributed by atoms with van der Waals surface area (Å²) in [4.78, 5) is 17.6. The summed E-state index contributed by atoms with van der Waals surface area (Å²) in [5.74, 6) is 0.855. The van der Waals surface area contributed by atoms with E-state index in [9.17, 15) is 17.6 Å². The van der Waals surface area contributed by atoms with Crippen molar-refractivity contribution in [3.05, 3.63) is 52.8 Å². The van der Waals surface area contributed by atoms with Crippen LogP contribution in [0.4, 0.5) is 10.1 Å². The van der Waals surface area contributed by atoms with Gasteiger partial charge in [-0.15, -0.1) is 0 Å². The molecule has 3 heterocycles. The lowest BCUT2D eigenvalue weighted by atomic mass is 9.82. The fourth-order valence-electron chi connectivity index (χ4n) is 7.04. The maximum absolute atomic E-state index is 13.7. The molecule has 2 aromatic rings. The molecule has 0 radical (unpaired) electrons. The monoisotopic (exact) mass is 561 g/mol. The van der Waals surface area contributed by atoms with Crippen molar-refractivity contribution >= 4 is 33.2 Å². The first-order valence-electron chi connectivity index (χ1n) is 13.5. The van der Waals surface area contributed by atoms with Gasteiger partial charge in [-0.1, -0.05) is 24.4 Å². The lowest BCUT2D eigenvalue weighted by molar-refractivity contribution is 0.0718. The molecule has 7 nitrogen and oxygen atoms in total. The summed E-state index contributed by atoms with van der Waals surface area (Å²) >= 11 is 6.17. The van der Waals surface area contributed by atoms with Crippen LogP contribution >= 0.6 is 11.6 Å². The van der Waals surface area contributed by atoms with Gasteiger partial charge in [0.25, 0.3) is 5.91 Å². The Balaban J connectivity index is 1.26. The molecule has 2 bridgehead atoms. The van der Waals surface area contributed by atoms with Crippen molar-refractivity contribution in [2.45, 2.75) is 55.5 Å². The molecule has 2 aromatic carbocycles. The maximum Gasteiger partial charge on any atom is 0.255 e. The summed E-state index contributed by atoms with van der Waals surface area (Å²) in [7, 11) is -2.03. The SMILES string of the molecule is COc1ccc(S(=O)(=O)N2C[C@H]3CCCC[C@H]3C2)cc1N1C2CCC1CN(C(=O)c1ccc(F)cc1Cl)C2. The highest BCUT2D eigenvalue weighted by molar-refractivity contribution is 7.89. The van der Waals surface area contributed by atoms with Gasteiger partial charge in [0.2, 0.25) is 10.0 Å². The van der Waals surface area contributed by atoms with Gasteiger partial charge in [-0.05, 0) is 73.9 Å². The van der Waals surface area contributed by atoms with E-state index in [0.29, 0.717) is 48.7 Å². The van der Waals surface area contributed by atoms with Crippen LogP contribution in [0, 0.1) is 17.7 Å². The highest BCUT2D eigenvalue weighted by Crippen LogP contribution is 2.43. The minimum absolute atomic E-state index is 0.0124. The van der Waals surface area contributed by atoms with E-state index in [-0.39, 0.29) is 28.6 Å². The molecule has 0 spiro atoms. The Morgan fingerprint density at radius 1 is 0.947 bits per heavy atom. The minimum Gasteiger partial charge on any atom is -0.495 e. The van der Waals surface area contributed by atoms with Gasteiger partial charge in [-0.3, -0.25) is 4.79 Å². The third kappa shape index (κ3) is 4.46. The van der Waals surface area contributed by atoms with Crippen molar-refractivity contribution in [1.29, 1.82) is 0 Å². The van der Waals surface area contributed by atoms with Crippen molar-refractivity contribution in [2.75, 3.05) is 38.2 Å². The predicted molar refractivity (Wildman–Crippen MR) is 144 cm³/mol. The Labute approximate surface area is 228 Å². The number of amides is 1. The summed E-state index contributed by atoms with van der Waals surface area (Å²) in [5.41, 5.74) is 1.04. The maximum atomic E-state index is 13.7. The average molecular weight is 562 g/mol. The number of carbonyl (C=O) groups is 1. The second-order valence-corrected chi connectivity index (χ2v) is 13.4. The van der Waals surface area contributed by atoms with Crippen molar-refractivity contribution in [1.82, 2.24) is 9.21 Å². The molecule has 3 saturated heterocycles. The number of anilines is 1. The Morgan fingerprint density at radius 3 is 2.21 bits per heavy atom. The first-order valence-corrected chi connectivity index (χ1v) is 15.3. The van der Waals surface area contributed by atoms with Gasteiger partial charge in [0.1, 0.15) is 11.6 Å². The molecule has 1 amide bonds. The first-order chi connectivity index (χ1) is 18.3. The van der Waals surface area contributed by atoms with Crippen LogP contribution in [-0.2, 0) is 10.0 Å². The molecular weight excluding hydrogens is 529 g/mol. The molecule has 4 fully saturated rings. The first kappa shape index (κ1) is 25.9. The Kier molecular flexibility index (Phi) is 6.81. The lowest BCUT2D eigenvalue weighted by Crippen LogP contribution is -2.55. The summed E-state index contributed by atoms with van der Waals surface area (Å²) in [6, 6.07) is 9.02. The normalized spacial score (nSPS) is 27.4. The van der Waals surface area contributed by atoms with E-state index in [1.165, 1.54) is 25.0 Å². The van der Waals surface area contributed by atoms with Gasteiger partial charge >= 0.3 is 0 Å². The Hall–Kier alpha value is -2.36. The van der Waals surface area contributed by atoms with Gasteiger partial charge < -0.3 is 14.5 Å². The largest absolute Gasteiger partial charge is 0.495 e. The number of methoxy groups -OCH3 is 1. The van der Waals surface area contributed by atoms with Crippen LogP contribution in [0.2, 0.25) is 5.02 Å². The molecule has 3 aliphatic heterocycles. The number of nitrogens with zero attached hydrogens (tertiary/aromatic N) is 3. The zero-order valence-corrected chi connectivity index (χ0v) is 23.1. The second-order valence-electron chi connectivity index (χ2n) is 11.1. The molecule has 0 aromatic heterocycles. The van der Waals surface area contributed by atoms with E-state index in [4.69, 9.17) is 16.3 Å². The third-order valence-electron chi connectivity index (χ3n) is 8.94. The number of halogens is 2. The number of sulfonamides is 1. The molecule has 204 valence electrons. The summed E-state index contributed by atoms with van der Waals surface area (Å²) in [6.07, 6.45) is 6.35. The summed E-state index contributed by atoms with van der Waals surface area (Å²) in [5, 5.41) is 0.103. The third-order valence-corrected chi connectivity index (χ3v) is 11.1. The van der Waals surface area contributed by atoms with Crippen LogP contribution in [0.5, 0.6) is 5.75 Å². The molecule has 6 rings (SSSR count). The fourth-order valence-corrected chi connectivity index (χ4v) is 8.86. The number of carbonyl (C=O) groups excluding carboxylic acids is 1. The molecule has 4 atom stereocenters. The van der Waals surface area contributed by atoms with Crippen LogP contribution in [0.25, 0.3) is 0 Å². The average Bonchev–Trinajstić information content (AvgIpc) is 3.46. The van der Waals surface area contributed by atoms with E-state index in [1.54, 1.807) is 34.5 Å². The number of piperazine rings is 1. The van der Waals surface area contributed by atoms with Crippen molar-refractivity contribution in [2.24, 2.45) is 11.8 Å². The van der Waals surface area contributed by atoms with Gasteiger partial charge in [-0.2, -0.15) is 4.31 Å². The molecule has 0 N–H and O–H groups in total. The van der Waals surface area contributed by atoms with E-state index < -0.39 is 15.8 Å². The zero-order chi connectivity index (χ0) is 26.6. The fraction of sp³-hybridized carbons (Fsp3) is 0.536. The minimum atomic E-state index is -3.62. The highest BCUT2D eigenvalue weighted by atomic mass is 35.5. The standard InChI is InChI=1S/C28H33ClFN3O4S/c1-37-27-11-9-23(38(35,36)32-14-18-4-2-3-5-19(18)15-32)13-26(27)33-21-7-8-22(33)17-31(16-21)28(34)24-10-6-20(30)12-25(24)29/h6,9-13,18-19,21-22H,2-5,7-8,14-17H2,1H3/t18-,19+,21?,22?. The number of benzene rings is 2. The summed E-state index contributed by atoms with van der Waals surface area (Å²) in [6.45, 7) is 2.15. The van der Waals surface area contributed by atoms with Gasteiger partial charge in [0.15, 0.2) is 0 Å². The lowest BCUT2D eigenvalue weighted by Gasteiger charge is -2.43. The highest BCUT2D eigenvalue weighted by Gasteiger charge is 2.44. The second kappa shape index (κ2) is 9.99. The number of rotatable bonds is 5. The number of ether oxygens (including phenoxy) is 1. The molecule has 1 saturated carbocycles. The van der Waals surface area contributed by atoms with Gasteiger partial charge in [0.05, 0.1) is 28.3 Å². The smallest absolute Gasteiger partial charge is 0.255 e. The van der Waals surface area contributed by atoms with Crippen molar-refractivity contribution in [3.63, 3.8) is 0 Å². The molecule has 10 heteroatoms. The molecule has 4 aliphatic rings. The summed E-state index contributed by atoms with van der Waals surface area (Å²) < 4.78 is 48.3. The van der Waals surface area contributed by atoms with Crippen LogP contribution < -0.4 is 9.64 Å². The topological polar surface area (TPSA) is 70.2 Å². The Morgan fingerprint density at radius 2 is 1.61 bits per heavy atom. The zero-order valence-electron chi connectivity index (χ0n) is 21.5. The number of hydrogen-bond donors (Lipinski definition) is 0. The predicted octanol–water partition coefficient (Wildman–Crippen LogP) is 4.79. The van der Waals surface area contributed by atoms with E-state index in [2.05, 4.69) is 4.90 Å². The van der Waals surface area contributed by atoms with E-state index >= 15 is 0 Å². The number of likely N-dealkylation sites (tertiary alicyclic amines) is 1. The van der Waals surface area contributed by atoms with Crippen LogP contribution in [0.1, 0.15) is 48.9 Å². The van der Waals surface area contributed by atoms with Gasteiger partial charge in [0, 0.05) is 38.3 Å². The van der Waals surface area contributed by atoms with Crippen molar-refractivity contribution in [3.8, 4) is 5.75 Å². The van der Waals surface area contributed by atoms with Gasteiger partial charge in [-0.25, -0.2) is 12.8 Å². The number of fused-ring (bicyclic) bond motifs is 3. The molecule has 1 aliphatic carbocycles. The van der Waals surface area contributed by atoms with Crippen LogP contribution in [-0.4, -0.2) is 68.9 Å².